The molecular weight excluding hydrogens is 310 g/mol. The van der Waals surface area contributed by atoms with E-state index in [2.05, 4.69) is 47.0 Å². The monoisotopic (exact) mass is 333 g/mol. The first-order valence-corrected chi connectivity index (χ1v) is 9.44. The molecule has 1 N–H and O–H groups in total. The quantitative estimate of drug-likeness (QED) is 0.721. The van der Waals surface area contributed by atoms with E-state index in [-0.39, 0.29) is 0 Å². The van der Waals surface area contributed by atoms with Crippen molar-refractivity contribution in [3.8, 4) is 0 Å². The van der Waals surface area contributed by atoms with Crippen LogP contribution in [-0.4, -0.2) is 15.6 Å². The minimum Gasteiger partial charge on any atom is -0.481 e. The Balaban J connectivity index is 1.74. The maximum absolute atomic E-state index is 12.1. The van der Waals surface area contributed by atoms with Gasteiger partial charge in [-0.05, 0) is 55.4 Å². The molecule has 0 amide bonds. The second kappa shape index (κ2) is 5.35. The smallest absolute Gasteiger partial charge is 0.314 e. The number of fused-ring (bicyclic) bond motifs is 3. The number of hydrogen-bond acceptors (Lipinski definition) is 1. The van der Waals surface area contributed by atoms with E-state index in [9.17, 15) is 9.90 Å². The van der Waals surface area contributed by atoms with Crippen molar-refractivity contribution >= 4 is 27.8 Å². The highest BCUT2D eigenvalue weighted by Crippen LogP contribution is 2.43. The predicted molar refractivity (Wildman–Crippen MR) is 99.9 cm³/mol. The van der Waals surface area contributed by atoms with Gasteiger partial charge in [-0.2, -0.15) is 0 Å². The van der Waals surface area contributed by atoms with Gasteiger partial charge in [-0.15, -0.1) is 0 Å². The van der Waals surface area contributed by atoms with Crippen LogP contribution in [0.3, 0.4) is 0 Å². The molecule has 0 bridgehead atoms. The number of carbonyl (C=O) groups is 1. The summed E-state index contributed by atoms with van der Waals surface area (Å²) in [5.41, 5.74) is 2.82. The minimum absolute atomic E-state index is 0.661. The molecule has 2 saturated carbocycles. The predicted octanol–water partition coefficient (Wildman–Crippen LogP) is 5.10. The molecule has 2 fully saturated rings. The van der Waals surface area contributed by atoms with E-state index in [1.54, 1.807) is 0 Å². The standard InChI is InChI=1S/C22H23NO2/c24-21(25)22(11-3-4-12-22)16-9-10-20-18(13-16)17-5-1-2-6-19(17)23(20)14-15-7-8-15/h1-2,5-6,9-10,13,15H,3-4,7-8,11-12,14H2,(H,24,25). The molecule has 0 spiro atoms. The van der Waals surface area contributed by atoms with Crippen molar-refractivity contribution in [1.29, 1.82) is 0 Å². The van der Waals surface area contributed by atoms with Crippen LogP contribution in [0.2, 0.25) is 0 Å². The SMILES string of the molecule is O=C(O)C1(c2ccc3c(c2)c2ccccc2n3CC2CC2)CCCC1. The van der Waals surface area contributed by atoms with Gasteiger partial charge >= 0.3 is 5.97 Å². The summed E-state index contributed by atoms with van der Waals surface area (Å²) in [6.45, 7) is 1.08. The Morgan fingerprint density at radius 2 is 1.76 bits per heavy atom. The third kappa shape index (κ3) is 2.21. The Morgan fingerprint density at radius 1 is 1.04 bits per heavy atom. The summed E-state index contributed by atoms with van der Waals surface area (Å²) in [5.74, 6) is 0.143. The zero-order chi connectivity index (χ0) is 17.0. The largest absolute Gasteiger partial charge is 0.481 e. The normalized spacial score (nSPS) is 19.7. The summed E-state index contributed by atoms with van der Waals surface area (Å²) in [6, 6.07) is 15.0. The van der Waals surface area contributed by atoms with Crippen molar-refractivity contribution in [2.45, 2.75) is 50.5 Å². The highest BCUT2D eigenvalue weighted by Gasteiger charge is 2.43. The van der Waals surface area contributed by atoms with E-state index in [1.165, 1.54) is 34.6 Å². The fourth-order valence-corrected chi connectivity index (χ4v) is 4.71. The summed E-state index contributed by atoms with van der Waals surface area (Å²) >= 11 is 0. The number of carboxylic acids is 1. The van der Waals surface area contributed by atoms with Crippen LogP contribution in [-0.2, 0) is 16.8 Å². The third-order valence-corrected chi connectivity index (χ3v) is 6.33. The molecular formula is C22H23NO2. The Labute approximate surface area is 147 Å². The molecule has 0 radical (unpaired) electrons. The Hall–Kier alpha value is -2.29. The first kappa shape index (κ1) is 15.0. The molecule has 3 nitrogen and oxygen atoms in total. The van der Waals surface area contributed by atoms with Crippen LogP contribution >= 0.6 is 0 Å². The molecule has 3 aromatic rings. The van der Waals surface area contributed by atoms with Gasteiger partial charge < -0.3 is 9.67 Å². The number of para-hydroxylation sites is 1. The fourth-order valence-electron chi connectivity index (χ4n) is 4.71. The lowest BCUT2D eigenvalue weighted by molar-refractivity contribution is -0.143. The van der Waals surface area contributed by atoms with Crippen molar-refractivity contribution in [3.63, 3.8) is 0 Å². The van der Waals surface area contributed by atoms with Crippen LogP contribution in [0.1, 0.15) is 44.1 Å². The van der Waals surface area contributed by atoms with Gasteiger partial charge in [0.15, 0.2) is 0 Å². The first-order chi connectivity index (χ1) is 12.2. The Kier molecular flexibility index (Phi) is 3.21. The van der Waals surface area contributed by atoms with Gasteiger partial charge in [0.05, 0.1) is 5.41 Å². The second-order valence-corrected chi connectivity index (χ2v) is 7.90. The maximum atomic E-state index is 12.1. The molecule has 2 aromatic carbocycles. The van der Waals surface area contributed by atoms with Crippen molar-refractivity contribution < 1.29 is 9.90 Å². The molecule has 3 heteroatoms. The van der Waals surface area contributed by atoms with E-state index in [4.69, 9.17) is 0 Å². The lowest BCUT2D eigenvalue weighted by atomic mass is 9.78. The number of rotatable bonds is 4. The zero-order valence-corrected chi connectivity index (χ0v) is 14.4. The molecule has 25 heavy (non-hydrogen) atoms. The highest BCUT2D eigenvalue weighted by molar-refractivity contribution is 6.08. The average Bonchev–Trinajstić information content (AvgIpc) is 3.20. The molecule has 0 aliphatic heterocycles. The summed E-state index contributed by atoms with van der Waals surface area (Å²) in [4.78, 5) is 12.1. The maximum Gasteiger partial charge on any atom is 0.314 e. The van der Waals surface area contributed by atoms with Gasteiger partial charge in [0.2, 0.25) is 0 Å². The van der Waals surface area contributed by atoms with Crippen molar-refractivity contribution in [3.05, 3.63) is 48.0 Å². The van der Waals surface area contributed by atoms with E-state index < -0.39 is 11.4 Å². The van der Waals surface area contributed by atoms with E-state index in [0.29, 0.717) is 0 Å². The summed E-state index contributed by atoms with van der Waals surface area (Å²) < 4.78 is 2.44. The van der Waals surface area contributed by atoms with Gasteiger partial charge in [0.25, 0.3) is 0 Å². The molecule has 0 unspecified atom stereocenters. The molecule has 2 aliphatic rings. The zero-order valence-electron chi connectivity index (χ0n) is 14.4. The van der Waals surface area contributed by atoms with E-state index in [0.717, 1.165) is 43.7 Å². The van der Waals surface area contributed by atoms with Crippen molar-refractivity contribution in [1.82, 2.24) is 4.57 Å². The van der Waals surface area contributed by atoms with Gasteiger partial charge in [0.1, 0.15) is 0 Å². The topological polar surface area (TPSA) is 42.2 Å². The van der Waals surface area contributed by atoms with E-state index >= 15 is 0 Å². The Bertz CT molecular complexity index is 974. The lowest BCUT2D eigenvalue weighted by Crippen LogP contribution is -2.32. The number of hydrogen-bond donors (Lipinski definition) is 1. The molecule has 5 rings (SSSR count). The number of nitrogens with zero attached hydrogens (tertiary/aromatic N) is 1. The van der Waals surface area contributed by atoms with Crippen molar-refractivity contribution in [2.75, 3.05) is 0 Å². The summed E-state index contributed by atoms with van der Waals surface area (Å²) in [7, 11) is 0. The van der Waals surface area contributed by atoms with Crippen LogP contribution in [0, 0.1) is 5.92 Å². The van der Waals surface area contributed by atoms with Gasteiger partial charge in [-0.3, -0.25) is 4.79 Å². The third-order valence-electron chi connectivity index (χ3n) is 6.33. The lowest BCUT2D eigenvalue weighted by Gasteiger charge is -2.24. The molecule has 0 atom stereocenters. The first-order valence-electron chi connectivity index (χ1n) is 9.44. The van der Waals surface area contributed by atoms with Crippen LogP contribution in [0.25, 0.3) is 21.8 Å². The molecule has 0 saturated heterocycles. The van der Waals surface area contributed by atoms with Gasteiger partial charge in [-0.25, -0.2) is 0 Å². The van der Waals surface area contributed by atoms with Crippen LogP contribution in [0.5, 0.6) is 0 Å². The van der Waals surface area contributed by atoms with E-state index in [1.807, 2.05) is 0 Å². The highest BCUT2D eigenvalue weighted by atomic mass is 16.4. The second-order valence-electron chi connectivity index (χ2n) is 7.90. The molecule has 1 aromatic heterocycles. The van der Waals surface area contributed by atoms with Gasteiger partial charge in [0, 0.05) is 28.4 Å². The molecule has 1 heterocycles. The summed E-state index contributed by atoms with van der Waals surface area (Å²) in [6.07, 6.45) is 6.19. The number of aromatic nitrogens is 1. The number of aliphatic carboxylic acids is 1. The average molecular weight is 333 g/mol. The molecule has 2 aliphatic carbocycles. The fraction of sp³-hybridized carbons (Fsp3) is 0.409. The van der Waals surface area contributed by atoms with Crippen LogP contribution < -0.4 is 0 Å². The van der Waals surface area contributed by atoms with Gasteiger partial charge in [-0.1, -0.05) is 37.1 Å². The summed E-state index contributed by atoms with van der Waals surface area (Å²) in [5, 5.41) is 12.4. The number of benzene rings is 2. The number of carboxylic acid groups (broad SMARTS) is 1. The molecule has 128 valence electrons. The van der Waals surface area contributed by atoms with Crippen molar-refractivity contribution in [2.24, 2.45) is 5.92 Å². The van der Waals surface area contributed by atoms with Crippen LogP contribution in [0.15, 0.2) is 42.5 Å². The Morgan fingerprint density at radius 3 is 2.48 bits per heavy atom. The van der Waals surface area contributed by atoms with Crippen LogP contribution in [0.4, 0.5) is 0 Å². The minimum atomic E-state index is -0.687.